The first-order valence-corrected chi connectivity index (χ1v) is 10.7. The van der Waals surface area contributed by atoms with Gasteiger partial charge in [0, 0.05) is 44.1 Å². The Balaban J connectivity index is 1.30. The van der Waals surface area contributed by atoms with Gasteiger partial charge in [-0.05, 0) is 63.4 Å². The Bertz CT molecular complexity index is 810. The van der Waals surface area contributed by atoms with Crippen molar-refractivity contribution in [2.24, 2.45) is 0 Å². The van der Waals surface area contributed by atoms with E-state index in [1.54, 1.807) is 11.8 Å². The third-order valence-corrected chi connectivity index (χ3v) is 5.69. The molecule has 0 amide bonds. The van der Waals surface area contributed by atoms with Crippen LogP contribution in [0.5, 0.6) is 0 Å². The maximum Gasteiger partial charge on any atom is 0.249 e. The zero-order valence-electron chi connectivity index (χ0n) is 17.3. The van der Waals surface area contributed by atoms with Gasteiger partial charge in [-0.1, -0.05) is 11.6 Å². The highest BCUT2D eigenvalue weighted by Gasteiger charge is 2.14. The average Bonchev–Trinajstić information content (AvgIpc) is 2.76. The van der Waals surface area contributed by atoms with Crippen LogP contribution in [-0.4, -0.2) is 59.9 Å². The van der Waals surface area contributed by atoms with E-state index in [-0.39, 0.29) is 0 Å². The molecule has 0 atom stereocenters. The highest BCUT2D eigenvalue weighted by molar-refractivity contribution is 5.59. The highest BCUT2D eigenvalue weighted by atomic mass is 15.3. The van der Waals surface area contributed by atoms with E-state index in [1.807, 2.05) is 0 Å². The van der Waals surface area contributed by atoms with E-state index in [9.17, 15) is 0 Å². The first-order valence-electron chi connectivity index (χ1n) is 10.7. The molecule has 1 fully saturated rings. The lowest BCUT2D eigenvalue weighted by Gasteiger charge is -2.34. The molecule has 4 rings (SSSR count). The maximum atomic E-state index is 4.54. The summed E-state index contributed by atoms with van der Waals surface area (Å²) in [5, 5.41) is 14.8. The Labute approximate surface area is 173 Å². The van der Waals surface area contributed by atoms with Gasteiger partial charge < -0.3 is 20.4 Å². The van der Waals surface area contributed by atoms with E-state index in [1.165, 1.54) is 31.4 Å². The van der Waals surface area contributed by atoms with Gasteiger partial charge in [-0.3, -0.25) is 0 Å². The largest absolute Gasteiger partial charge is 0.369 e. The second-order valence-electron chi connectivity index (χ2n) is 7.91. The van der Waals surface area contributed by atoms with Gasteiger partial charge in [-0.15, -0.1) is 5.10 Å². The molecule has 0 spiro atoms. The fraction of sp³-hybridized carbons (Fsp3) is 0.500. The average molecular weight is 394 g/mol. The second-order valence-corrected chi connectivity index (χ2v) is 7.91. The Kier molecular flexibility index (Phi) is 6.56. The van der Waals surface area contributed by atoms with Crippen molar-refractivity contribution in [3.63, 3.8) is 0 Å². The van der Waals surface area contributed by atoms with Crippen LogP contribution in [0.2, 0.25) is 0 Å². The summed E-state index contributed by atoms with van der Waals surface area (Å²) in [6.07, 6.45) is 10.3. The molecule has 0 radical (unpaired) electrons. The van der Waals surface area contributed by atoms with E-state index in [0.717, 1.165) is 50.6 Å². The summed E-state index contributed by atoms with van der Waals surface area (Å²) >= 11 is 0. The van der Waals surface area contributed by atoms with Gasteiger partial charge >= 0.3 is 0 Å². The predicted octanol–water partition coefficient (Wildman–Crippen LogP) is 3.67. The van der Waals surface area contributed by atoms with Crippen LogP contribution >= 0.6 is 0 Å². The third-order valence-electron chi connectivity index (χ3n) is 5.69. The molecule has 0 unspecified atom stereocenters. The summed E-state index contributed by atoms with van der Waals surface area (Å²) in [7, 11) is 2.18. The predicted molar refractivity (Wildman–Crippen MR) is 119 cm³/mol. The van der Waals surface area contributed by atoms with Gasteiger partial charge in [-0.25, -0.2) is 0 Å². The van der Waals surface area contributed by atoms with Crippen molar-refractivity contribution >= 4 is 23.1 Å². The van der Waals surface area contributed by atoms with Crippen molar-refractivity contribution in [1.82, 2.24) is 20.1 Å². The highest BCUT2D eigenvalue weighted by Crippen LogP contribution is 2.22. The minimum atomic E-state index is 0.513. The smallest absolute Gasteiger partial charge is 0.249 e. The molecule has 154 valence electrons. The molecule has 2 N–H and O–H groups in total. The Morgan fingerprint density at radius 2 is 1.86 bits per heavy atom. The van der Waals surface area contributed by atoms with E-state index >= 15 is 0 Å². The van der Waals surface area contributed by atoms with Crippen molar-refractivity contribution in [1.29, 1.82) is 0 Å². The summed E-state index contributed by atoms with van der Waals surface area (Å²) in [5.74, 6) is 1.27. The third kappa shape index (κ3) is 5.67. The molecule has 1 aliphatic heterocycles. The van der Waals surface area contributed by atoms with Crippen molar-refractivity contribution in [3.8, 4) is 0 Å². The van der Waals surface area contributed by atoms with Crippen molar-refractivity contribution in [2.75, 3.05) is 55.3 Å². The van der Waals surface area contributed by atoms with Gasteiger partial charge in [-0.2, -0.15) is 10.1 Å². The Morgan fingerprint density at radius 1 is 1.03 bits per heavy atom. The summed E-state index contributed by atoms with van der Waals surface area (Å²) in [6.45, 7) is 5.23. The molecule has 0 saturated carbocycles. The normalized spacial score (nSPS) is 17.7. The lowest BCUT2D eigenvalue weighted by Crippen LogP contribution is -2.44. The minimum absolute atomic E-state index is 0.513. The second kappa shape index (κ2) is 9.69. The van der Waals surface area contributed by atoms with Crippen LogP contribution in [0, 0.1) is 0 Å². The first-order chi connectivity index (χ1) is 14.3. The van der Waals surface area contributed by atoms with Gasteiger partial charge in [0.1, 0.15) is 0 Å². The number of rotatable bonds is 7. The first kappa shape index (κ1) is 19.6. The molecule has 1 saturated heterocycles. The number of nitrogens with zero attached hydrogens (tertiary/aromatic N) is 5. The molecule has 2 aromatic rings. The van der Waals surface area contributed by atoms with E-state index in [2.05, 4.69) is 73.0 Å². The van der Waals surface area contributed by atoms with E-state index in [0.29, 0.717) is 5.95 Å². The molecule has 1 aliphatic carbocycles. The number of allylic oxidation sites excluding steroid dienone is 1. The number of anilines is 4. The lowest BCUT2D eigenvalue weighted by molar-refractivity contribution is 0.313. The number of nitrogens with one attached hydrogen (secondary N) is 2. The molecule has 2 aliphatic rings. The molecule has 2 heterocycles. The molecular weight excluding hydrogens is 362 g/mol. The van der Waals surface area contributed by atoms with Gasteiger partial charge in [0.25, 0.3) is 0 Å². The molecule has 7 nitrogen and oxygen atoms in total. The van der Waals surface area contributed by atoms with Crippen molar-refractivity contribution < 1.29 is 0 Å². The standard InChI is InChI=1S/C22H31N7/c1-28-13-15-29(16-14-28)20-9-7-19(8-10-20)25-22-26-21(17-24-27-22)23-12-11-18-5-3-2-4-6-18/h5,7-10,17H,2-4,6,11-16H2,1H3,(H2,23,25,26,27). The van der Waals surface area contributed by atoms with Crippen LogP contribution in [-0.2, 0) is 0 Å². The van der Waals surface area contributed by atoms with Crippen LogP contribution < -0.4 is 15.5 Å². The van der Waals surface area contributed by atoms with Crippen molar-refractivity contribution in [2.45, 2.75) is 32.1 Å². The molecule has 1 aromatic heterocycles. The topological polar surface area (TPSA) is 69.2 Å². The molecule has 1 aromatic carbocycles. The van der Waals surface area contributed by atoms with Crippen LogP contribution in [0.15, 0.2) is 42.1 Å². The van der Waals surface area contributed by atoms with Crippen LogP contribution in [0.3, 0.4) is 0 Å². The van der Waals surface area contributed by atoms with E-state index < -0.39 is 0 Å². The number of hydrogen-bond donors (Lipinski definition) is 2. The monoisotopic (exact) mass is 393 g/mol. The van der Waals surface area contributed by atoms with Crippen LogP contribution in [0.25, 0.3) is 0 Å². The Hall–Kier alpha value is -2.67. The van der Waals surface area contributed by atoms with Gasteiger partial charge in [0.15, 0.2) is 5.82 Å². The lowest BCUT2D eigenvalue weighted by atomic mass is 9.97. The summed E-state index contributed by atoms with van der Waals surface area (Å²) in [6, 6.07) is 8.46. The summed E-state index contributed by atoms with van der Waals surface area (Å²) in [4.78, 5) is 9.33. The quantitative estimate of drug-likeness (QED) is 0.696. The number of aromatic nitrogens is 3. The Morgan fingerprint density at radius 3 is 2.62 bits per heavy atom. The molecule has 29 heavy (non-hydrogen) atoms. The van der Waals surface area contributed by atoms with Crippen molar-refractivity contribution in [3.05, 3.63) is 42.1 Å². The van der Waals surface area contributed by atoms with Crippen LogP contribution in [0.4, 0.5) is 23.1 Å². The number of likely N-dealkylation sites (N-methyl/N-ethyl adjacent to an activating group) is 1. The zero-order chi connectivity index (χ0) is 19.9. The fourth-order valence-corrected chi connectivity index (χ4v) is 3.87. The molecule has 7 heteroatoms. The number of benzene rings is 1. The van der Waals surface area contributed by atoms with Crippen LogP contribution in [0.1, 0.15) is 32.1 Å². The minimum Gasteiger partial charge on any atom is -0.369 e. The molecular formula is C22H31N7. The zero-order valence-corrected chi connectivity index (χ0v) is 17.3. The van der Waals surface area contributed by atoms with Gasteiger partial charge in [0.2, 0.25) is 5.95 Å². The summed E-state index contributed by atoms with van der Waals surface area (Å²) < 4.78 is 0. The number of piperazine rings is 1. The SMILES string of the molecule is CN1CCN(c2ccc(Nc3nncc(NCCC4=CCCCC4)n3)cc2)CC1. The maximum absolute atomic E-state index is 4.54. The molecule has 0 bridgehead atoms. The van der Waals surface area contributed by atoms with E-state index in [4.69, 9.17) is 0 Å². The summed E-state index contributed by atoms with van der Waals surface area (Å²) in [5.41, 5.74) is 3.79. The number of hydrogen-bond acceptors (Lipinski definition) is 7. The fourth-order valence-electron chi connectivity index (χ4n) is 3.87. The van der Waals surface area contributed by atoms with Gasteiger partial charge in [0.05, 0.1) is 6.20 Å².